The smallest absolute Gasteiger partial charge is 0.227 e. The van der Waals surface area contributed by atoms with Gasteiger partial charge in [-0.2, -0.15) is 0 Å². The van der Waals surface area contributed by atoms with E-state index >= 15 is 0 Å². The normalized spacial score (nSPS) is 22.3. The standard InChI is InChI=1S/C15H22N2O2/c1-11-8-16-9-13(11)15(18)17(2)10-12-6-4-5-7-14(12)19-3/h4-7,11,13,16H,8-10H2,1-3H3/t11-,13-/m1/s1. The van der Waals surface area contributed by atoms with Crippen LogP contribution < -0.4 is 10.1 Å². The molecule has 0 aliphatic carbocycles. The third-order valence-corrected chi connectivity index (χ3v) is 3.81. The number of ether oxygens (including phenoxy) is 1. The minimum Gasteiger partial charge on any atom is -0.496 e. The molecule has 1 aromatic rings. The summed E-state index contributed by atoms with van der Waals surface area (Å²) in [6.45, 7) is 4.43. The summed E-state index contributed by atoms with van der Waals surface area (Å²) >= 11 is 0. The number of carbonyl (C=O) groups is 1. The van der Waals surface area contributed by atoms with Crippen LogP contribution in [0.25, 0.3) is 0 Å². The molecule has 1 N–H and O–H groups in total. The van der Waals surface area contributed by atoms with E-state index in [9.17, 15) is 4.79 Å². The second-order valence-electron chi connectivity index (χ2n) is 5.25. The van der Waals surface area contributed by atoms with Crippen LogP contribution in [0.15, 0.2) is 24.3 Å². The largest absolute Gasteiger partial charge is 0.496 e. The highest BCUT2D eigenvalue weighted by Crippen LogP contribution is 2.22. The van der Waals surface area contributed by atoms with Gasteiger partial charge in [-0.05, 0) is 18.5 Å². The van der Waals surface area contributed by atoms with E-state index in [1.165, 1.54) is 0 Å². The van der Waals surface area contributed by atoms with Gasteiger partial charge in [-0.25, -0.2) is 0 Å². The molecule has 1 saturated heterocycles. The highest BCUT2D eigenvalue weighted by Gasteiger charge is 2.31. The first kappa shape index (κ1) is 13.9. The summed E-state index contributed by atoms with van der Waals surface area (Å²) in [6.07, 6.45) is 0. The van der Waals surface area contributed by atoms with E-state index in [-0.39, 0.29) is 11.8 Å². The molecule has 104 valence electrons. The first-order chi connectivity index (χ1) is 9.13. The quantitative estimate of drug-likeness (QED) is 0.894. The molecule has 19 heavy (non-hydrogen) atoms. The summed E-state index contributed by atoms with van der Waals surface area (Å²) < 4.78 is 5.32. The Balaban J connectivity index is 2.04. The van der Waals surface area contributed by atoms with Gasteiger partial charge in [0.2, 0.25) is 5.91 Å². The van der Waals surface area contributed by atoms with Crippen LogP contribution in [0.3, 0.4) is 0 Å². The van der Waals surface area contributed by atoms with Crippen molar-refractivity contribution in [1.82, 2.24) is 10.2 Å². The Labute approximate surface area is 114 Å². The summed E-state index contributed by atoms with van der Waals surface area (Å²) in [5.74, 6) is 1.55. The van der Waals surface area contributed by atoms with Crippen LogP contribution in [-0.4, -0.2) is 38.1 Å². The van der Waals surface area contributed by atoms with Crippen LogP contribution in [-0.2, 0) is 11.3 Å². The Kier molecular flexibility index (Phi) is 4.43. The molecule has 0 bridgehead atoms. The van der Waals surface area contributed by atoms with Crippen molar-refractivity contribution in [3.63, 3.8) is 0 Å². The zero-order valence-corrected chi connectivity index (χ0v) is 11.8. The number of rotatable bonds is 4. The van der Waals surface area contributed by atoms with E-state index in [1.54, 1.807) is 12.0 Å². The van der Waals surface area contributed by atoms with Crippen LogP contribution in [0.2, 0.25) is 0 Å². The number of amides is 1. The molecule has 2 rings (SSSR count). The fourth-order valence-electron chi connectivity index (χ4n) is 2.59. The first-order valence-corrected chi connectivity index (χ1v) is 6.71. The summed E-state index contributed by atoms with van der Waals surface area (Å²) in [6, 6.07) is 7.83. The van der Waals surface area contributed by atoms with Crippen LogP contribution in [0, 0.1) is 11.8 Å². The lowest BCUT2D eigenvalue weighted by atomic mass is 9.96. The Morgan fingerprint density at radius 1 is 1.42 bits per heavy atom. The number of hydrogen-bond acceptors (Lipinski definition) is 3. The summed E-state index contributed by atoms with van der Waals surface area (Å²) in [7, 11) is 3.52. The number of para-hydroxylation sites is 1. The van der Waals surface area contributed by atoms with Gasteiger partial charge < -0.3 is 15.0 Å². The third-order valence-electron chi connectivity index (χ3n) is 3.81. The van der Waals surface area contributed by atoms with Crippen molar-refractivity contribution in [3.8, 4) is 5.75 Å². The van der Waals surface area contributed by atoms with Gasteiger partial charge in [0.05, 0.1) is 13.0 Å². The van der Waals surface area contributed by atoms with E-state index < -0.39 is 0 Å². The average Bonchev–Trinajstić information content (AvgIpc) is 2.84. The number of carbonyl (C=O) groups excluding carboxylic acids is 1. The average molecular weight is 262 g/mol. The van der Waals surface area contributed by atoms with Gasteiger partial charge in [-0.15, -0.1) is 0 Å². The molecule has 4 heteroatoms. The minimum atomic E-state index is 0.0970. The molecule has 1 amide bonds. The van der Waals surface area contributed by atoms with Gasteiger partial charge in [0, 0.05) is 25.7 Å². The van der Waals surface area contributed by atoms with Gasteiger partial charge >= 0.3 is 0 Å². The minimum absolute atomic E-state index is 0.0970. The van der Waals surface area contributed by atoms with E-state index in [0.29, 0.717) is 12.5 Å². The van der Waals surface area contributed by atoms with Gasteiger partial charge in [-0.1, -0.05) is 25.1 Å². The molecular formula is C15H22N2O2. The summed E-state index contributed by atoms with van der Waals surface area (Å²) in [4.78, 5) is 14.2. The lowest BCUT2D eigenvalue weighted by molar-refractivity contribution is -0.135. The van der Waals surface area contributed by atoms with Crippen molar-refractivity contribution in [1.29, 1.82) is 0 Å². The molecular weight excluding hydrogens is 240 g/mol. The maximum atomic E-state index is 12.4. The van der Waals surface area contributed by atoms with E-state index in [2.05, 4.69) is 12.2 Å². The zero-order valence-electron chi connectivity index (χ0n) is 11.8. The molecule has 0 radical (unpaired) electrons. The Morgan fingerprint density at radius 2 is 2.16 bits per heavy atom. The Bertz CT molecular complexity index is 448. The van der Waals surface area contributed by atoms with Gasteiger partial charge in [0.25, 0.3) is 0 Å². The number of benzene rings is 1. The second kappa shape index (κ2) is 6.06. The maximum Gasteiger partial charge on any atom is 0.227 e. The Hall–Kier alpha value is -1.55. The van der Waals surface area contributed by atoms with E-state index in [4.69, 9.17) is 4.74 Å². The molecule has 0 spiro atoms. The number of methoxy groups -OCH3 is 1. The molecule has 0 aromatic heterocycles. The van der Waals surface area contributed by atoms with Crippen LogP contribution >= 0.6 is 0 Å². The zero-order chi connectivity index (χ0) is 13.8. The molecule has 1 aliphatic heterocycles. The monoisotopic (exact) mass is 262 g/mol. The van der Waals surface area contributed by atoms with Crippen molar-refractivity contribution in [3.05, 3.63) is 29.8 Å². The van der Waals surface area contributed by atoms with Crippen molar-refractivity contribution in [2.75, 3.05) is 27.2 Å². The third kappa shape index (κ3) is 3.07. The topological polar surface area (TPSA) is 41.6 Å². The van der Waals surface area contributed by atoms with E-state index in [0.717, 1.165) is 24.4 Å². The first-order valence-electron chi connectivity index (χ1n) is 6.71. The lowest BCUT2D eigenvalue weighted by Gasteiger charge is -2.23. The molecule has 1 fully saturated rings. The Morgan fingerprint density at radius 3 is 2.79 bits per heavy atom. The fourth-order valence-corrected chi connectivity index (χ4v) is 2.59. The number of nitrogens with one attached hydrogen (secondary N) is 1. The molecule has 4 nitrogen and oxygen atoms in total. The molecule has 2 atom stereocenters. The van der Waals surface area contributed by atoms with Gasteiger partial charge in [0.1, 0.15) is 5.75 Å². The van der Waals surface area contributed by atoms with Gasteiger partial charge in [0.15, 0.2) is 0 Å². The second-order valence-corrected chi connectivity index (χ2v) is 5.25. The van der Waals surface area contributed by atoms with Crippen LogP contribution in [0.1, 0.15) is 12.5 Å². The fraction of sp³-hybridized carbons (Fsp3) is 0.533. The van der Waals surface area contributed by atoms with E-state index in [1.807, 2.05) is 31.3 Å². The predicted molar refractivity (Wildman–Crippen MR) is 75.0 cm³/mol. The number of nitrogens with zero attached hydrogens (tertiary/aromatic N) is 1. The molecule has 0 saturated carbocycles. The van der Waals surface area contributed by atoms with Crippen molar-refractivity contribution < 1.29 is 9.53 Å². The lowest BCUT2D eigenvalue weighted by Crippen LogP contribution is -2.35. The highest BCUT2D eigenvalue weighted by molar-refractivity contribution is 5.79. The summed E-state index contributed by atoms with van der Waals surface area (Å²) in [5, 5.41) is 3.27. The van der Waals surface area contributed by atoms with Crippen molar-refractivity contribution >= 4 is 5.91 Å². The van der Waals surface area contributed by atoms with Gasteiger partial charge in [-0.3, -0.25) is 4.79 Å². The summed E-state index contributed by atoms with van der Waals surface area (Å²) in [5.41, 5.74) is 1.04. The van der Waals surface area contributed by atoms with Crippen LogP contribution in [0.4, 0.5) is 0 Å². The van der Waals surface area contributed by atoms with Crippen LogP contribution in [0.5, 0.6) is 5.75 Å². The SMILES string of the molecule is COc1ccccc1CN(C)C(=O)[C@@H]1CNC[C@H]1C. The maximum absolute atomic E-state index is 12.4. The molecule has 0 unspecified atom stereocenters. The van der Waals surface area contributed by atoms with Crippen molar-refractivity contribution in [2.24, 2.45) is 11.8 Å². The highest BCUT2D eigenvalue weighted by atomic mass is 16.5. The van der Waals surface area contributed by atoms with Crippen molar-refractivity contribution in [2.45, 2.75) is 13.5 Å². The molecule has 1 aromatic carbocycles. The molecule has 1 aliphatic rings. The number of hydrogen-bond donors (Lipinski definition) is 1. The molecule has 1 heterocycles. The predicted octanol–water partition coefficient (Wildman–Crippen LogP) is 1.51.